The Morgan fingerprint density at radius 3 is 2.74 bits per heavy atom. The highest BCUT2D eigenvalue weighted by atomic mass is 79.9. The Labute approximate surface area is 120 Å². The normalized spacial score (nSPS) is 20.6. The van der Waals surface area contributed by atoms with Gasteiger partial charge in [-0.1, -0.05) is 22.0 Å². The molecule has 2 rings (SSSR count). The van der Waals surface area contributed by atoms with Crippen LogP contribution in [0.15, 0.2) is 27.6 Å². The first-order valence-corrected chi connectivity index (χ1v) is 8.08. The second-order valence-electron chi connectivity index (χ2n) is 4.52. The molecule has 0 aromatic heterocycles. The number of carboxylic acids is 1. The van der Waals surface area contributed by atoms with Gasteiger partial charge in [-0.3, -0.25) is 4.79 Å². The predicted molar refractivity (Wildman–Crippen MR) is 73.4 cm³/mol. The Morgan fingerprint density at radius 1 is 1.47 bits per heavy atom. The van der Waals surface area contributed by atoms with Gasteiger partial charge in [-0.05, 0) is 37.5 Å². The fourth-order valence-corrected chi connectivity index (χ4v) is 4.35. The van der Waals surface area contributed by atoms with Gasteiger partial charge in [0.05, 0.1) is 4.90 Å². The number of benzene rings is 1. The van der Waals surface area contributed by atoms with E-state index in [1.807, 2.05) is 6.92 Å². The van der Waals surface area contributed by atoms with Crippen LogP contribution in [0.4, 0.5) is 0 Å². The average Bonchev–Trinajstić information content (AvgIpc) is 2.82. The lowest BCUT2D eigenvalue weighted by atomic mass is 10.2. The molecule has 1 aliphatic heterocycles. The van der Waals surface area contributed by atoms with E-state index in [-0.39, 0.29) is 11.4 Å². The van der Waals surface area contributed by atoms with Crippen molar-refractivity contribution in [3.63, 3.8) is 0 Å². The molecule has 0 radical (unpaired) electrons. The van der Waals surface area contributed by atoms with E-state index >= 15 is 0 Å². The van der Waals surface area contributed by atoms with Crippen LogP contribution >= 0.6 is 15.9 Å². The number of nitrogens with zero attached hydrogens (tertiary/aromatic N) is 1. The summed E-state index contributed by atoms with van der Waals surface area (Å²) in [6.45, 7) is 2.11. The van der Waals surface area contributed by atoms with Gasteiger partial charge in [0.1, 0.15) is 6.04 Å². The molecule has 1 aliphatic rings. The van der Waals surface area contributed by atoms with Crippen LogP contribution in [0.5, 0.6) is 0 Å². The molecule has 5 nitrogen and oxygen atoms in total. The van der Waals surface area contributed by atoms with Crippen molar-refractivity contribution >= 4 is 31.9 Å². The van der Waals surface area contributed by atoms with Gasteiger partial charge in [-0.25, -0.2) is 8.42 Å². The maximum Gasteiger partial charge on any atom is 0.322 e. The molecule has 0 saturated carbocycles. The number of aliphatic carboxylic acids is 1. The Morgan fingerprint density at radius 2 is 2.16 bits per heavy atom. The summed E-state index contributed by atoms with van der Waals surface area (Å²) in [6, 6.07) is 3.77. The van der Waals surface area contributed by atoms with Crippen molar-refractivity contribution in [2.45, 2.75) is 30.7 Å². The van der Waals surface area contributed by atoms with E-state index in [4.69, 9.17) is 5.11 Å². The molecule has 104 valence electrons. The molecule has 7 heteroatoms. The van der Waals surface area contributed by atoms with Crippen molar-refractivity contribution < 1.29 is 18.3 Å². The van der Waals surface area contributed by atoms with Crippen molar-refractivity contribution in [1.29, 1.82) is 0 Å². The van der Waals surface area contributed by atoms with Crippen molar-refractivity contribution in [1.82, 2.24) is 4.31 Å². The second kappa shape index (κ2) is 5.22. The summed E-state index contributed by atoms with van der Waals surface area (Å²) < 4.78 is 26.7. The topological polar surface area (TPSA) is 74.7 Å². The van der Waals surface area contributed by atoms with Crippen LogP contribution in [0, 0.1) is 6.92 Å². The van der Waals surface area contributed by atoms with Gasteiger partial charge in [0.15, 0.2) is 0 Å². The summed E-state index contributed by atoms with van der Waals surface area (Å²) >= 11 is 3.29. The van der Waals surface area contributed by atoms with Crippen LogP contribution in [-0.4, -0.2) is 36.4 Å². The zero-order valence-corrected chi connectivity index (χ0v) is 12.7. The van der Waals surface area contributed by atoms with Gasteiger partial charge in [-0.15, -0.1) is 0 Å². The zero-order chi connectivity index (χ0) is 14.2. The third kappa shape index (κ3) is 2.68. The smallest absolute Gasteiger partial charge is 0.322 e. The maximum atomic E-state index is 12.5. The summed E-state index contributed by atoms with van der Waals surface area (Å²) in [4.78, 5) is 11.2. The predicted octanol–water partition coefficient (Wildman–Crippen LogP) is 2.00. The lowest BCUT2D eigenvalue weighted by Crippen LogP contribution is -2.40. The number of hydrogen-bond acceptors (Lipinski definition) is 3. The van der Waals surface area contributed by atoms with Gasteiger partial charge >= 0.3 is 5.97 Å². The minimum Gasteiger partial charge on any atom is -0.480 e. The molecule has 1 N–H and O–H groups in total. The molecular weight excluding hydrogens is 334 g/mol. The Hall–Kier alpha value is -0.920. The van der Waals surface area contributed by atoms with E-state index in [0.29, 0.717) is 17.3 Å². The van der Waals surface area contributed by atoms with E-state index in [9.17, 15) is 13.2 Å². The minimum absolute atomic E-state index is 0.123. The molecular formula is C12H14BrNO4S. The molecule has 1 aromatic rings. The van der Waals surface area contributed by atoms with E-state index in [2.05, 4.69) is 15.9 Å². The third-order valence-corrected chi connectivity index (χ3v) is 6.00. The number of carbonyl (C=O) groups is 1. The molecule has 0 unspecified atom stereocenters. The lowest BCUT2D eigenvalue weighted by Gasteiger charge is -2.21. The summed E-state index contributed by atoms with van der Waals surface area (Å²) in [6.07, 6.45) is 0.935. The standard InChI is InChI=1S/C12H14BrNO4S/c1-8-4-5-9(7-10(8)13)19(17,18)14-6-2-3-11(14)12(15)16/h4-5,7,11H,2-3,6H2,1H3,(H,15,16)/t11-/m1/s1. The van der Waals surface area contributed by atoms with E-state index in [1.165, 1.54) is 12.1 Å². The second-order valence-corrected chi connectivity index (χ2v) is 7.27. The number of halogens is 1. The van der Waals surface area contributed by atoms with Crippen LogP contribution in [0.2, 0.25) is 0 Å². The number of carboxylic acid groups (broad SMARTS) is 1. The highest BCUT2D eigenvalue weighted by Gasteiger charge is 2.39. The summed E-state index contributed by atoms with van der Waals surface area (Å²) in [5, 5.41) is 9.08. The number of aryl methyl sites for hydroxylation is 1. The SMILES string of the molecule is Cc1ccc(S(=O)(=O)N2CCC[C@@H]2C(=O)O)cc1Br. The molecule has 1 aromatic carbocycles. The minimum atomic E-state index is -3.75. The van der Waals surface area contributed by atoms with Crippen LogP contribution in [0.25, 0.3) is 0 Å². The van der Waals surface area contributed by atoms with Crippen LogP contribution < -0.4 is 0 Å². The van der Waals surface area contributed by atoms with Gasteiger partial charge in [0.25, 0.3) is 0 Å². The first kappa shape index (κ1) is 14.5. The van der Waals surface area contributed by atoms with E-state index < -0.39 is 22.0 Å². The molecule has 1 atom stereocenters. The van der Waals surface area contributed by atoms with Gasteiger partial charge in [-0.2, -0.15) is 4.31 Å². The van der Waals surface area contributed by atoms with Crippen LogP contribution in [0.3, 0.4) is 0 Å². The molecule has 19 heavy (non-hydrogen) atoms. The van der Waals surface area contributed by atoms with Gasteiger partial charge in [0.2, 0.25) is 10.0 Å². The number of hydrogen-bond donors (Lipinski definition) is 1. The molecule has 1 heterocycles. The highest BCUT2D eigenvalue weighted by molar-refractivity contribution is 9.10. The third-order valence-electron chi connectivity index (χ3n) is 3.24. The molecule has 1 fully saturated rings. The molecule has 0 bridgehead atoms. The fourth-order valence-electron chi connectivity index (χ4n) is 2.14. The van der Waals surface area contributed by atoms with Gasteiger partial charge in [0, 0.05) is 11.0 Å². The van der Waals surface area contributed by atoms with E-state index in [1.54, 1.807) is 6.07 Å². The summed E-state index contributed by atoms with van der Waals surface area (Å²) in [5.74, 6) is -1.09. The van der Waals surface area contributed by atoms with Crippen molar-refractivity contribution in [3.8, 4) is 0 Å². The average molecular weight is 348 g/mol. The summed E-state index contributed by atoms with van der Waals surface area (Å²) in [7, 11) is -3.75. The monoisotopic (exact) mass is 347 g/mol. The summed E-state index contributed by atoms with van der Waals surface area (Å²) in [5.41, 5.74) is 0.926. The largest absolute Gasteiger partial charge is 0.480 e. The first-order chi connectivity index (χ1) is 8.84. The fraction of sp³-hybridized carbons (Fsp3) is 0.417. The van der Waals surface area contributed by atoms with E-state index in [0.717, 1.165) is 9.87 Å². The molecule has 1 saturated heterocycles. The van der Waals surface area contributed by atoms with Gasteiger partial charge < -0.3 is 5.11 Å². The maximum absolute atomic E-state index is 12.5. The van der Waals surface area contributed by atoms with Crippen LogP contribution in [-0.2, 0) is 14.8 Å². The molecule has 0 aliphatic carbocycles. The van der Waals surface area contributed by atoms with Crippen LogP contribution in [0.1, 0.15) is 18.4 Å². The number of sulfonamides is 1. The number of rotatable bonds is 3. The van der Waals surface area contributed by atoms with Crippen molar-refractivity contribution in [2.75, 3.05) is 6.54 Å². The molecule has 0 amide bonds. The Balaban J connectivity index is 2.42. The highest BCUT2D eigenvalue weighted by Crippen LogP contribution is 2.28. The van der Waals surface area contributed by atoms with Crippen molar-refractivity contribution in [2.24, 2.45) is 0 Å². The molecule has 0 spiro atoms. The Bertz CT molecular complexity index is 614. The Kier molecular flexibility index (Phi) is 3.98. The quantitative estimate of drug-likeness (QED) is 0.907. The lowest BCUT2D eigenvalue weighted by molar-refractivity contribution is -0.140. The van der Waals surface area contributed by atoms with Crippen molar-refractivity contribution in [3.05, 3.63) is 28.2 Å². The zero-order valence-electron chi connectivity index (χ0n) is 10.3. The first-order valence-electron chi connectivity index (χ1n) is 5.85.